The molecule has 1 amide bonds. The van der Waals surface area contributed by atoms with Crippen molar-refractivity contribution in [2.24, 2.45) is 0 Å². The quantitative estimate of drug-likeness (QED) is 0.180. The zero-order valence-electron chi connectivity index (χ0n) is 20.9. The second kappa shape index (κ2) is 13.4. The van der Waals surface area contributed by atoms with Gasteiger partial charge in [0.2, 0.25) is 0 Å². The number of hydrogen-bond donors (Lipinski definition) is 4. The van der Waals surface area contributed by atoms with Gasteiger partial charge in [-0.15, -0.1) is 0 Å². The van der Waals surface area contributed by atoms with E-state index < -0.39 is 14.2 Å². The number of nitrogens with two attached hydrogens (primary N) is 1. The number of hydrogen-bond acceptors (Lipinski definition) is 8. The lowest BCUT2D eigenvalue weighted by atomic mass is 9.79. The van der Waals surface area contributed by atoms with Crippen LogP contribution in [-0.2, 0) is 27.3 Å². The zero-order valence-corrected chi connectivity index (χ0v) is 20.9. The van der Waals surface area contributed by atoms with E-state index in [0.29, 0.717) is 41.9 Å². The van der Waals surface area contributed by atoms with Gasteiger partial charge in [-0.3, -0.25) is 9.59 Å². The van der Waals surface area contributed by atoms with Gasteiger partial charge in [0, 0.05) is 18.4 Å². The molecule has 198 valence electrons. The summed E-state index contributed by atoms with van der Waals surface area (Å²) in [5, 5.41) is 21.7. The first kappa shape index (κ1) is 27.6. The normalized spacial score (nSPS) is 12.7. The molecule has 2 heterocycles. The molecule has 2 aliphatic rings. The minimum Gasteiger partial charge on any atom is -0.429 e. The van der Waals surface area contributed by atoms with Gasteiger partial charge in [-0.1, -0.05) is 48.5 Å². The summed E-state index contributed by atoms with van der Waals surface area (Å²) in [4.78, 5) is 22.1. The minimum atomic E-state index is -0.931. The van der Waals surface area contributed by atoms with Gasteiger partial charge in [-0.25, -0.2) is 0 Å². The Kier molecular flexibility index (Phi) is 9.49. The third-order valence-electron chi connectivity index (χ3n) is 5.87. The Bertz CT molecular complexity index is 1410. The lowest BCUT2D eigenvalue weighted by Crippen LogP contribution is -2.29. The number of para-hydroxylation sites is 2. The van der Waals surface area contributed by atoms with E-state index in [0.717, 1.165) is 22.5 Å². The number of fused-ring (bicyclic) bond motifs is 2. The molecule has 4 aromatic carbocycles. The molecule has 0 spiro atoms. The van der Waals surface area contributed by atoms with Crippen LogP contribution in [0, 0.1) is 0 Å². The summed E-state index contributed by atoms with van der Waals surface area (Å²) in [5.41, 5.74) is 10.6. The number of carbonyl (C=O) groups excluding carboxylic acids is 2. The van der Waals surface area contributed by atoms with Gasteiger partial charge in [0.15, 0.2) is 0 Å². The standard InChI is InChI=1S/C14H12BNO3.C8H7BO4.C6H7N.H2/c17-14(16-12-4-2-1-3-5-12)10-6-7-11-9-19-15(18)13(11)8-10;10-5-12-7-2-1-6-4-13-9(11)8(6)3-7;7-6-4-2-1-3-5-6;/h1-8,18H,9H2,(H,16,17);1-3,5,11H,4H2;1-5H,7H2;1H/i;;;1+1. The summed E-state index contributed by atoms with van der Waals surface area (Å²) in [6.07, 6.45) is 0. The van der Waals surface area contributed by atoms with Crippen molar-refractivity contribution in [3.8, 4) is 5.75 Å². The Morgan fingerprint density at radius 3 is 1.97 bits per heavy atom. The summed E-state index contributed by atoms with van der Waals surface area (Å²) in [6, 6.07) is 29.0. The molecule has 0 aromatic heterocycles. The number of ether oxygens (including phenoxy) is 1. The van der Waals surface area contributed by atoms with Crippen molar-refractivity contribution in [1.29, 1.82) is 0 Å². The summed E-state index contributed by atoms with van der Waals surface area (Å²) >= 11 is 0. The van der Waals surface area contributed by atoms with Gasteiger partial charge in [-0.05, 0) is 70.6 Å². The fourth-order valence-corrected chi connectivity index (χ4v) is 3.86. The molecule has 0 fully saturated rings. The van der Waals surface area contributed by atoms with E-state index >= 15 is 0 Å². The van der Waals surface area contributed by atoms with Gasteiger partial charge in [0.25, 0.3) is 12.4 Å². The molecule has 4 aromatic rings. The topological polar surface area (TPSA) is 140 Å². The van der Waals surface area contributed by atoms with Gasteiger partial charge >= 0.3 is 14.2 Å². The van der Waals surface area contributed by atoms with E-state index in [1.54, 1.807) is 30.3 Å². The molecule has 39 heavy (non-hydrogen) atoms. The highest BCUT2D eigenvalue weighted by Crippen LogP contribution is 2.16. The lowest BCUT2D eigenvalue weighted by molar-refractivity contribution is -0.120. The molecule has 0 saturated heterocycles. The molecule has 11 heteroatoms. The number of rotatable bonds is 4. The summed E-state index contributed by atoms with van der Waals surface area (Å²) in [6.45, 7) is 1.14. The van der Waals surface area contributed by atoms with Crippen molar-refractivity contribution < 1.29 is 35.1 Å². The Labute approximate surface area is 227 Å². The van der Waals surface area contributed by atoms with Crippen LogP contribution in [-0.4, -0.2) is 36.7 Å². The van der Waals surface area contributed by atoms with Crippen LogP contribution in [0.15, 0.2) is 97.1 Å². The maximum absolute atomic E-state index is 12.1. The van der Waals surface area contributed by atoms with Crippen molar-refractivity contribution in [1.82, 2.24) is 0 Å². The number of amides is 1. The molecule has 0 radical (unpaired) electrons. The first-order valence-corrected chi connectivity index (χ1v) is 12.1. The maximum Gasteiger partial charge on any atom is 0.491 e. The molecular formula is C28H28B2N2O7. The van der Waals surface area contributed by atoms with Crippen LogP contribution < -0.4 is 26.7 Å². The smallest absolute Gasteiger partial charge is 0.429 e. The molecule has 9 nitrogen and oxygen atoms in total. The monoisotopic (exact) mass is 527 g/mol. The van der Waals surface area contributed by atoms with Gasteiger partial charge in [0.05, 0.1) is 13.2 Å². The van der Waals surface area contributed by atoms with Crippen molar-refractivity contribution in [3.05, 3.63) is 114 Å². The van der Waals surface area contributed by atoms with E-state index in [9.17, 15) is 19.6 Å². The molecule has 0 unspecified atom stereocenters. The van der Waals surface area contributed by atoms with Crippen LogP contribution in [0.2, 0.25) is 0 Å². The van der Waals surface area contributed by atoms with Gasteiger partial charge < -0.3 is 35.1 Å². The summed E-state index contributed by atoms with van der Waals surface area (Å²) in [5.74, 6) is 0.214. The van der Waals surface area contributed by atoms with E-state index in [2.05, 4.69) is 10.1 Å². The van der Waals surface area contributed by atoms with E-state index in [-0.39, 0.29) is 7.33 Å². The van der Waals surface area contributed by atoms with Crippen LogP contribution >= 0.6 is 0 Å². The average molecular weight is 527 g/mol. The Morgan fingerprint density at radius 2 is 1.41 bits per heavy atom. The third-order valence-corrected chi connectivity index (χ3v) is 5.87. The highest BCUT2D eigenvalue weighted by molar-refractivity contribution is 6.62. The highest BCUT2D eigenvalue weighted by Gasteiger charge is 2.28. The van der Waals surface area contributed by atoms with E-state index in [1.807, 2.05) is 66.7 Å². The Hall–Kier alpha value is -4.41. The third kappa shape index (κ3) is 7.56. The predicted octanol–water partition coefficient (Wildman–Crippen LogP) is 2.11. The van der Waals surface area contributed by atoms with Crippen LogP contribution in [0.1, 0.15) is 22.9 Å². The average Bonchev–Trinajstić information content (AvgIpc) is 3.52. The van der Waals surface area contributed by atoms with Crippen LogP contribution in [0.4, 0.5) is 11.4 Å². The molecule has 5 N–H and O–H groups in total. The second-order valence-electron chi connectivity index (χ2n) is 8.55. The molecule has 0 bridgehead atoms. The fraction of sp³-hybridized carbons (Fsp3) is 0.0714. The van der Waals surface area contributed by atoms with Gasteiger partial charge in [0.1, 0.15) is 5.75 Å². The SMILES string of the molecule is Nc1ccccc1.O=C(Nc1ccccc1)c1ccc2c(c1)B(O)OC2.O=COc1ccc2c(c1)B(O)OC2.[2HH]. The van der Waals surface area contributed by atoms with Crippen LogP contribution in [0.3, 0.4) is 0 Å². The summed E-state index contributed by atoms with van der Waals surface area (Å²) in [7, 11) is -1.83. The van der Waals surface area contributed by atoms with E-state index in [1.165, 1.54) is 0 Å². The number of benzene rings is 4. The van der Waals surface area contributed by atoms with Crippen molar-refractivity contribution >= 4 is 48.9 Å². The lowest BCUT2D eigenvalue weighted by Gasteiger charge is -2.06. The first-order valence-electron chi connectivity index (χ1n) is 12.1. The number of nitrogen functional groups attached to an aromatic ring is 1. The largest absolute Gasteiger partial charge is 0.491 e. The molecule has 0 atom stereocenters. The Balaban J connectivity index is 0.000000182. The fourth-order valence-electron chi connectivity index (χ4n) is 3.86. The number of carbonyl (C=O) groups is 2. The predicted molar refractivity (Wildman–Crippen MR) is 152 cm³/mol. The van der Waals surface area contributed by atoms with Crippen LogP contribution in [0.5, 0.6) is 5.75 Å². The van der Waals surface area contributed by atoms with Gasteiger partial charge in [-0.2, -0.15) is 0 Å². The van der Waals surface area contributed by atoms with E-state index in [4.69, 9.17) is 15.0 Å². The molecule has 0 saturated carbocycles. The Morgan fingerprint density at radius 1 is 0.846 bits per heavy atom. The summed E-state index contributed by atoms with van der Waals surface area (Å²) < 4.78 is 14.7. The van der Waals surface area contributed by atoms with Crippen LogP contribution in [0.25, 0.3) is 0 Å². The zero-order chi connectivity index (χ0) is 27.6. The van der Waals surface area contributed by atoms with Crippen molar-refractivity contribution in [2.75, 3.05) is 11.1 Å². The van der Waals surface area contributed by atoms with Crippen molar-refractivity contribution in [3.63, 3.8) is 0 Å². The number of anilines is 2. The molecule has 2 aliphatic heterocycles. The first-order chi connectivity index (χ1) is 18.9. The highest BCUT2D eigenvalue weighted by atomic mass is 16.5. The second-order valence-corrected chi connectivity index (χ2v) is 8.55. The number of nitrogens with one attached hydrogen (secondary N) is 1. The maximum atomic E-state index is 12.1. The minimum absolute atomic E-state index is 0. The molecule has 0 aliphatic carbocycles. The molecular weight excluding hydrogens is 498 g/mol. The molecule has 6 rings (SSSR count). The van der Waals surface area contributed by atoms with Crippen molar-refractivity contribution in [2.45, 2.75) is 13.2 Å².